The highest BCUT2D eigenvalue weighted by Crippen LogP contribution is 2.51. The fourth-order valence-electron chi connectivity index (χ4n) is 13.1. The van der Waals surface area contributed by atoms with E-state index in [0.29, 0.717) is 23.9 Å². The SMILES string of the molecule is C1=C(c2nc(-c3ccccc3)nc(-c3ccccc3)n2)CC(c2ccc(-c3ccccc3)cc2)C(N(c2ccccc2)c2ccc3c4ccc5c(c6ccccc6n5-c5ccccc5)c4n(-c4ccccc4)c3c2)=C1c1ccc(-c2ccccc2)cc1. The maximum atomic E-state index is 5.42. The zero-order chi connectivity index (χ0) is 57.6. The van der Waals surface area contributed by atoms with Crippen molar-refractivity contribution in [2.45, 2.75) is 12.3 Å². The Bertz CT molecular complexity index is 5000. The molecule has 0 radical (unpaired) electrons. The number of hydrogen-bond donors (Lipinski definition) is 0. The standard InChI is InChI=1S/C81H56N6/c1-8-24-55(25-9-1)57-40-44-59(45-41-57)71-52-63(81-83-79(61-28-12-3-13-29-61)82-80(84-81)62-30-14-4-15-31-62)53-72(60-46-42-58(43-47-60)56-26-10-2-11-27-56)77(71)85(64-32-16-5-17-33-64)67-48-49-68-69-50-51-74-76(78(69)87(75(68)54-67)66-36-20-7-21-37-66)70-38-22-23-39-73(70)86(74)65-34-18-6-19-35-65/h1-52,54,72H,53H2. The number of nitrogens with zero attached hydrogens (tertiary/aromatic N) is 6. The van der Waals surface area contributed by atoms with Gasteiger partial charge in [0, 0.05) is 72.6 Å². The maximum Gasteiger partial charge on any atom is 0.164 e. The quantitative estimate of drug-likeness (QED) is 0.122. The summed E-state index contributed by atoms with van der Waals surface area (Å²) in [6.07, 6.45) is 2.96. The van der Waals surface area contributed by atoms with Crippen molar-refractivity contribution in [1.29, 1.82) is 0 Å². The molecule has 16 rings (SSSR count). The van der Waals surface area contributed by atoms with Crippen LogP contribution >= 0.6 is 0 Å². The molecule has 0 saturated carbocycles. The van der Waals surface area contributed by atoms with Crippen LogP contribution in [0.3, 0.4) is 0 Å². The Balaban J connectivity index is 0.990. The van der Waals surface area contributed by atoms with Crippen LogP contribution in [-0.2, 0) is 0 Å². The van der Waals surface area contributed by atoms with E-state index in [1.807, 2.05) is 36.4 Å². The summed E-state index contributed by atoms with van der Waals surface area (Å²) in [6, 6.07) is 113. The molecular weight excluding hydrogens is 1060 g/mol. The van der Waals surface area contributed by atoms with Crippen molar-refractivity contribution >= 4 is 66.1 Å². The Morgan fingerprint density at radius 2 is 0.782 bits per heavy atom. The Hall–Kier alpha value is -11.5. The van der Waals surface area contributed by atoms with Gasteiger partial charge in [-0.1, -0.05) is 255 Å². The average molecular weight is 1110 g/mol. The monoisotopic (exact) mass is 1110 g/mol. The van der Waals surface area contributed by atoms with E-state index < -0.39 is 0 Å². The summed E-state index contributed by atoms with van der Waals surface area (Å²) in [4.78, 5) is 18.5. The van der Waals surface area contributed by atoms with Crippen LogP contribution in [-0.4, -0.2) is 24.1 Å². The van der Waals surface area contributed by atoms with E-state index in [1.54, 1.807) is 0 Å². The minimum atomic E-state index is -0.213. The molecule has 6 heteroatoms. The summed E-state index contributed by atoms with van der Waals surface area (Å²) in [7, 11) is 0. The van der Waals surface area contributed by atoms with Crippen LogP contribution in [0.2, 0.25) is 0 Å². The van der Waals surface area contributed by atoms with Gasteiger partial charge >= 0.3 is 0 Å². The lowest BCUT2D eigenvalue weighted by Crippen LogP contribution is -2.26. The molecule has 1 unspecified atom stereocenters. The normalized spacial score (nSPS) is 13.4. The first-order valence-corrected chi connectivity index (χ1v) is 29.8. The third-order valence-corrected chi connectivity index (χ3v) is 17.1. The summed E-state index contributed by atoms with van der Waals surface area (Å²) in [6.45, 7) is 0. The smallest absolute Gasteiger partial charge is 0.164 e. The lowest BCUT2D eigenvalue weighted by atomic mass is 9.78. The van der Waals surface area contributed by atoms with Crippen molar-refractivity contribution in [3.63, 3.8) is 0 Å². The molecule has 1 aliphatic rings. The average Bonchev–Trinajstić information content (AvgIpc) is 1.71. The van der Waals surface area contributed by atoms with Crippen LogP contribution in [0.15, 0.2) is 327 Å². The topological polar surface area (TPSA) is 51.8 Å². The molecule has 6 nitrogen and oxygen atoms in total. The zero-order valence-electron chi connectivity index (χ0n) is 47.6. The second kappa shape index (κ2) is 21.9. The molecule has 3 heterocycles. The molecule has 410 valence electrons. The Kier molecular flexibility index (Phi) is 12.9. The number of fused-ring (bicyclic) bond motifs is 7. The molecule has 1 atom stereocenters. The first-order chi connectivity index (χ1) is 43.2. The minimum absolute atomic E-state index is 0.213. The van der Waals surface area contributed by atoms with Crippen molar-refractivity contribution in [3.05, 3.63) is 344 Å². The van der Waals surface area contributed by atoms with E-state index in [0.717, 1.165) is 84.0 Å². The van der Waals surface area contributed by atoms with Gasteiger partial charge in [-0.3, -0.25) is 0 Å². The van der Waals surface area contributed by atoms with Gasteiger partial charge in [-0.25, -0.2) is 15.0 Å². The number of benzene rings is 12. The molecule has 0 amide bonds. The number of rotatable bonds is 12. The molecule has 0 saturated heterocycles. The van der Waals surface area contributed by atoms with E-state index >= 15 is 0 Å². The summed E-state index contributed by atoms with van der Waals surface area (Å²) >= 11 is 0. The second-order valence-electron chi connectivity index (χ2n) is 22.3. The van der Waals surface area contributed by atoms with Crippen LogP contribution in [0.4, 0.5) is 11.4 Å². The highest BCUT2D eigenvalue weighted by Gasteiger charge is 2.34. The van der Waals surface area contributed by atoms with E-state index in [2.05, 4.69) is 299 Å². The number of anilines is 2. The van der Waals surface area contributed by atoms with Crippen molar-refractivity contribution in [2.75, 3.05) is 4.90 Å². The van der Waals surface area contributed by atoms with E-state index in [-0.39, 0.29) is 5.92 Å². The predicted molar refractivity (Wildman–Crippen MR) is 360 cm³/mol. The van der Waals surface area contributed by atoms with Crippen LogP contribution in [0, 0.1) is 0 Å². The van der Waals surface area contributed by atoms with Gasteiger partial charge in [0.25, 0.3) is 0 Å². The lowest BCUT2D eigenvalue weighted by molar-refractivity contribution is 0.783. The Labute approximate surface area is 505 Å². The number of aromatic nitrogens is 5. The van der Waals surface area contributed by atoms with Gasteiger partial charge in [-0.2, -0.15) is 0 Å². The summed E-state index contributed by atoms with van der Waals surface area (Å²) in [5.74, 6) is 1.69. The molecule has 15 aromatic rings. The fraction of sp³-hybridized carbons (Fsp3) is 0.0247. The van der Waals surface area contributed by atoms with Gasteiger partial charge in [0.2, 0.25) is 0 Å². The minimum Gasteiger partial charge on any atom is -0.313 e. The van der Waals surface area contributed by atoms with Crippen LogP contribution in [0.1, 0.15) is 29.3 Å². The Morgan fingerprint density at radius 3 is 1.37 bits per heavy atom. The number of allylic oxidation sites excluding steroid dienone is 4. The first kappa shape index (κ1) is 51.2. The highest BCUT2D eigenvalue weighted by atomic mass is 15.2. The van der Waals surface area contributed by atoms with E-state index in [4.69, 9.17) is 15.0 Å². The molecule has 1 aliphatic carbocycles. The van der Waals surface area contributed by atoms with Crippen molar-refractivity contribution in [2.24, 2.45) is 0 Å². The lowest BCUT2D eigenvalue weighted by Gasteiger charge is -2.38. The van der Waals surface area contributed by atoms with Crippen LogP contribution < -0.4 is 4.90 Å². The third kappa shape index (κ3) is 9.28. The highest BCUT2D eigenvalue weighted by molar-refractivity contribution is 6.26. The van der Waals surface area contributed by atoms with Gasteiger partial charge in [-0.15, -0.1) is 0 Å². The van der Waals surface area contributed by atoms with Crippen molar-refractivity contribution in [1.82, 2.24) is 24.1 Å². The Morgan fingerprint density at radius 1 is 0.322 bits per heavy atom. The maximum absolute atomic E-state index is 5.42. The third-order valence-electron chi connectivity index (χ3n) is 17.1. The van der Waals surface area contributed by atoms with Gasteiger partial charge < -0.3 is 14.0 Å². The van der Waals surface area contributed by atoms with Gasteiger partial charge in [0.1, 0.15) is 0 Å². The fourth-order valence-corrected chi connectivity index (χ4v) is 13.1. The molecule has 0 aliphatic heterocycles. The second-order valence-corrected chi connectivity index (χ2v) is 22.3. The van der Waals surface area contributed by atoms with Gasteiger partial charge in [0.05, 0.1) is 22.1 Å². The zero-order valence-corrected chi connectivity index (χ0v) is 47.6. The summed E-state index contributed by atoms with van der Waals surface area (Å²) in [5.41, 5.74) is 20.9. The molecule has 12 aromatic carbocycles. The molecule has 0 fully saturated rings. The molecule has 3 aromatic heterocycles. The molecule has 87 heavy (non-hydrogen) atoms. The van der Waals surface area contributed by atoms with E-state index in [9.17, 15) is 0 Å². The van der Waals surface area contributed by atoms with Gasteiger partial charge in [0.15, 0.2) is 17.5 Å². The first-order valence-electron chi connectivity index (χ1n) is 29.8. The summed E-state index contributed by atoms with van der Waals surface area (Å²) < 4.78 is 4.92. The van der Waals surface area contributed by atoms with E-state index in [1.165, 1.54) is 43.7 Å². The van der Waals surface area contributed by atoms with Crippen molar-refractivity contribution < 1.29 is 0 Å². The number of hydrogen-bond acceptors (Lipinski definition) is 4. The molecule has 0 bridgehead atoms. The predicted octanol–water partition coefficient (Wildman–Crippen LogP) is 20.6. The van der Waals surface area contributed by atoms with Gasteiger partial charge in [-0.05, 0) is 112 Å². The van der Waals surface area contributed by atoms with Crippen molar-refractivity contribution in [3.8, 4) is 56.4 Å². The van der Waals surface area contributed by atoms with Crippen LogP contribution in [0.5, 0.6) is 0 Å². The van der Waals surface area contributed by atoms with Crippen LogP contribution in [0.25, 0.3) is 111 Å². The largest absolute Gasteiger partial charge is 0.313 e. The molecule has 0 N–H and O–H groups in total. The molecular formula is C81H56N6. The summed E-state index contributed by atoms with van der Waals surface area (Å²) in [5, 5.41) is 4.78. The molecule has 0 spiro atoms. The number of para-hydroxylation sites is 4.